The highest BCUT2D eigenvalue weighted by molar-refractivity contribution is 6.04. The summed E-state index contributed by atoms with van der Waals surface area (Å²) in [4.78, 5) is 12.1. The van der Waals surface area contributed by atoms with E-state index in [1.54, 1.807) is 6.92 Å². The van der Waals surface area contributed by atoms with Gasteiger partial charge in [0, 0.05) is 30.3 Å². The van der Waals surface area contributed by atoms with Crippen LogP contribution in [-0.4, -0.2) is 28.7 Å². The number of carbonyl (C=O) groups excluding carboxylic acids is 1. The molecule has 0 saturated carbocycles. The van der Waals surface area contributed by atoms with E-state index in [0.717, 1.165) is 49.0 Å². The number of benzene rings is 1. The van der Waals surface area contributed by atoms with Gasteiger partial charge in [-0.2, -0.15) is 5.10 Å². The van der Waals surface area contributed by atoms with E-state index in [1.165, 1.54) is 0 Å². The number of anilines is 1. The second-order valence-corrected chi connectivity index (χ2v) is 6.01. The molecule has 1 fully saturated rings. The zero-order valence-electron chi connectivity index (χ0n) is 13.2. The van der Waals surface area contributed by atoms with Crippen LogP contribution in [0.1, 0.15) is 42.8 Å². The zero-order chi connectivity index (χ0) is 15.8. The monoisotopic (exact) mass is 312 g/mol. The lowest BCUT2D eigenvalue weighted by Gasteiger charge is -2.24. The lowest BCUT2D eigenvalue weighted by Crippen LogP contribution is -2.29. The third-order valence-corrected chi connectivity index (χ3v) is 4.41. The normalized spacial score (nSPS) is 21.3. The number of hydrogen-bond acceptors (Lipinski definition) is 5. The summed E-state index contributed by atoms with van der Waals surface area (Å²) in [6.07, 6.45) is 9.00. The number of hydrogen-bond donors (Lipinski definition) is 1. The van der Waals surface area contributed by atoms with Crippen molar-refractivity contribution in [1.82, 2.24) is 15.2 Å². The third kappa shape index (κ3) is 2.54. The van der Waals surface area contributed by atoms with E-state index in [0.29, 0.717) is 5.56 Å². The topological polar surface area (TPSA) is 59.4 Å². The minimum atomic E-state index is -0.0308. The number of rotatable bonds is 3. The summed E-state index contributed by atoms with van der Waals surface area (Å²) >= 11 is 0. The molecule has 0 spiro atoms. The number of nitrogens with zero attached hydrogens (tertiary/aromatic N) is 3. The van der Waals surface area contributed by atoms with E-state index in [1.807, 2.05) is 40.3 Å². The number of fused-ring (bicyclic) bond motifs is 1. The van der Waals surface area contributed by atoms with Gasteiger partial charge in [0.05, 0.1) is 17.4 Å². The summed E-state index contributed by atoms with van der Waals surface area (Å²) in [6.45, 7) is 3.14. The average molecular weight is 312 g/mol. The highest BCUT2D eigenvalue weighted by Crippen LogP contribution is 2.31. The fraction of sp³-hybridized carbons (Fsp3) is 0.412. The van der Waals surface area contributed by atoms with E-state index >= 15 is 0 Å². The maximum atomic E-state index is 12.1. The lowest BCUT2D eigenvalue weighted by molar-refractivity contribution is -0.0366. The van der Waals surface area contributed by atoms with Crippen LogP contribution < -0.4 is 10.4 Å². The third-order valence-electron chi connectivity index (χ3n) is 4.41. The maximum Gasteiger partial charge on any atom is 0.162 e. The fourth-order valence-electron chi connectivity index (χ4n) is 3.24. The number of carbonyl (C=O) groups is 1. The number of ketones is 1. The molecule has 3 heterocycles. The van der Waals surface area contributed by atoms with Crippen molar-refractivity contribution >= 4 is 22.4 Å². The minimum Gasteiger partial charge on any atom is -0.356 e. The molecule has 120 valence electrons. The smallest absolute Gasteiger partial charge is 0.162 e. The summed E-state index contributed by atoms with van der Waals surface area (Å²) in [7, 11) is 0. The molecule has 0 bridgehead atoms. The van der Waals surface area contributed by atoms with Crippen molar-refractivity contribution in [3.05, 3.63) is 36.2 Å². The van der Waals surface area contributed by atoms with E-state index in [4.69, 9.17) is 4.74 Å². The molecule has 1 N–H and O–H groups in total. The van der Waals surface area contributed by atoms with Gasteiger partial charge in [-0.15, -0.1) is 0 Å². The largest absolute Gasteiger partial charge is 0.356 e. The van der Waals surface area contributed by atoms with Gasteiger partial charge in [-0.3, -0.25) is 9.80 Å². The van der Waals surface area contributed by atoms with E-state index in [9.17, 15) is 4.79 Å². The Labute approximate surface area is 134 Å². The Morgan fingerprint density at radius 2 is 2.30 bits per heavy atom. The summed E-state index contributed by atoms with van der Waals surface area (Å²) < 4.78 is 7.76. The molecule has 2 aliphatic rings. The van der Waals surface area contributed by atoms with Crippen molar-refractivity contribution in [2.45, 2.75) is 32.4 Å². The molecule has 0 amide bonds. The second-order valence-electron chi connectivity index (χ2n) is 6.01. The number of ether oxygens (including phenoxy) is 1. The van der Waals surface area contributed by atoms with Gasteiger partial charge in [0.25, 0.3) is 0 Å². The van der Waals surface area contributed by atoms with Gasteiger partial charge in [-0.1, -0.05) is 6.08 Å². The van der Waals surface area contributed by atoms with E-state index < -0.39 is 0 Å². The van der Waals surface area contributed by atoms with Crippen LogP contribution in [0.5, 0.6) is 0 Å². The minimum absolute atomic E-state index is 0.0308. The number of aromatic nitrogens is 2. The predicted molar refractivity (Wildman–Crippen MR) is 88.2 cm³/mol. The molecule has 0 radical (unpaired) electrons. The second kappa shape index (κ2) is 5.79. The van der Waals surface area contributed by atoms with Crippen LogP contribution in [0.25, 0.3) is 10.9 Å². The average Bonchev–Trinajstić information content (AvgIpc) is 3.23. The molecule has 1 aromatic carbocycles. The quantitative estimate of drug-likeness (QED) is 0.883. The van der Waals surface area contributed by atoms with Crippen molar-refractivity contribution in [1.29, 1.82) is 0 Å². The Morgan fingerprint density at radius 1 is 1.39 bits per heavy atom. The SMILES string of the molecule is CC(=O)c1cc2c(cnn2C2CCCCO2)cc1N1C=CCN1. The number of Topliss-reactive ketones (excluding diaryl/α,β-unsaturated/α-hetero) is 1. The molecule has 23 heavy (non-hydrogen) atoms. The van der Waals surface area contributed by atoms with Crippen LogP contribution in [-0.2, 0) is 4.74 Å². The lowest BCUT2D eigenvalue weighted by atomic mass is 10.1. The van der Waals surface area contributed by atoms with Gasteiger partial charge in [0.1, 0.15) is 0 Å². The first kappa shape index (κ1) is 14.4. The number of nitrogens with one attached hydrogen (secondary N) is 1. The molecule has 1 saturated heterocycles. The van der Waals surface area contributed by atoms with Gasteiger partial charge in [0.2, 0.25) is 0 Å². The first-order chi connectivity index (χ1) is 11.2. The van der Waals surface area contributed by atoms with Gasteiger partial charge in [0.15, 0.2) is 12.0 Å². The molecule has 6 nitrogen and oxygen atoms in total. The van der Waals surface area contributed by atoms with E-state index in [-0.39, 0.29) is 12.0 Å². The molecule has 1 unspecified atom stereocenters. The summed E-state index contributed by atoms with van der Waals surface area (Å²) in [5, 5.41) is 7.42. The van der Waals surface area contributed by atoms with Crippen molar-refractivity contribution in [2.24, 2.45) is 0 Å². The van der Waals surface area contributed by atoms with Crippen molar-refractivity contribution in [3.63, 3.8) is 0 Å². The Morgan fingerprint density at radius 3 is 3.00 bits per heavy atom. The van der Waals surface area contributed by atoms with Crippen LogP contribution in [0.2, 0.25) is 0 Å². The van der Waals surface area contributed by atoms with Crippen LogP contribution in [0.15, 0.2) is 30.6 Å². The van der Waals surface area contributed by atoms with Gasteiger partial charge >= 0.3 is 0 Å². The van der Waals surface area contributed by atoms with Gasteiger partial charge in [-0.05, 0) is 38.3 Å². The molecular weight excluding hydrogens is 292 g/mol. The van der Waals surface area contributed by atoms with Crippen molar-refractivity contribution < 1.29 is 9.53 Å². The Kier molecular flexibility index (Phi) is 3.63. The molecule has 1 aromatic heterocycles. The first-order valence-electron chi connectivity index (χ1n) is 8.07. The molecule has 0 aliphatic carbocycles. The summed E-state index contributed by atoms with van der Waals surface area (Å²) in [5.74, 6) is 0.0429. The predicted octanol–water partition coefficient (Wildman–Crippen LogP) is 2.78. The molecule has 6 heteroatoms. The zero-order valence-corrected chi connectivity index (χ0v) is 13.2. The molecular formula is C17H20N4O2. The number of hydrazine groups is 1. The van der Waals surface area contributed by atoms with E-state index in [2.05, 4.69) is 10.5 Å². The highest BCUT2D eigenvalue weighted by Gasteiger charge is 2.22. The molecule has 1 atom stereocenters. The highest BCUT2D eigenvalue weighted by atomic mass is 16.5. The molecule has 4 rings (SSSR count). The summed E-state index contributed by atoms with van der Waals surface area (Å²) in [6, 6.07) is 3.95. The van der Waals surface area contributed by atoms with Crippen LogP contribution in [0.3, 0.4) is 0 Å². The Hall–Kier alpha value is -2.18. The van der Waals surface area contributed by atoms with Crippen molar-refractivity contribution in [3.8, 4) is 0 Å². The maximum absolute atomic E-state index is 12.1. The van der Waals surface area contributed by atoms with Crippen LogP contribution >= 0.6 is 0 Å². The van der Waals surface area contributed by atoms with Gasteiger partial charge in [-0.25, -0.2) is 10.1 Å². The first-order valence-corrected chi connectivity index (χ1v) is 8.07. The Bertz CT molecular complexity index is 774. The standard InChI is InChI=1S/C17H20N4O2/c1-12(22)14-10-15-13(9-16(14)20-7-4-6-18-20)11-19-21(15)17-5-2-3-8-23-17/h4,7,9-11,17-18H,2-3,5-6,8H2,1H3. The molecule has 2 aromatic rings. The van der Waals surface area contributed by atoms with Crippen molar-refractivity contribution in [2.75, 3.05) is 18.2 Å². The molecule has 2 aliphatic heterocycles. The Balaban J connectivity index is 1.82. The van der Waals surface area contributed by atoms with Crippen LogP contribution in [0.4, 0.5) is 5.69 Å². The summed E-state index contributed by atoms with van der Waals surface area (Å²) in [5.41, 5.74) is 5.73. The van der Waals surface area contributed by atoms with Gasteiger partial charge < -0.3 is 4.74 Å². The fourth-order valence-corrected chi connectivity index (χ4v) is 3.24. The van der Waals surface area contributed by atoms with Crippen LogP contribution in [0, 0.1) is 0 Å².